The summed E-state index contributed by atoms with van der Waals surface area (Å²) in [4.78, 5) is 14.1. The van der Waals surface area contributed by atoms with Gasteiger partial charge in [0.15, 0.2) is 0 Å². The first kappa shape index (κ1) is 15.4. The number of likely N-dealkylation sites (tertiary alicyclic amines) is 1. The summed E-state index contributed by atoms with van der Waals surface area (Å²) in [6, 6.07) is -0.0850. The number of carbonyl (C=O) groups excluding carboxylic acids is 1. The van der Waals surface area contributed by atoms with Gasteiger partial charge in [0.25, 0.3) is 0 Å². The van der Waals surface area contributed by atoms with Crippen LogP contribution in [0.5, 0.6) is 0 Å². The second-order valence-corrected chi connectivity index (χ2v) is 4.90. The van der Waals surface area contributed by atoms with Crippen molar-refractivity contribution in [2.75, 3.05) is 26.8 Å². The molecule has 1 aliphatic rings. The molecule has 1 heterocycles. The molecular weight excluding hydrogens is 230 g/mol. The van der Waals surface area contributed by atoms with E-state index in [0.717, 1.165) is 51.8 Å². The molecule has 2 unspecified atom stereocenters. The number of unbranched alkanes of at least 4 members (excludes halogenated alkanes) is 1. The average Bonchev–Trinajstić information content (AvgIpc) is 2.39. The van der Waals surface area contributed by atoms with E-state index in [1.54, 1.807) is 0 Å². The quantitative estimate of drug-likeness (QED) is 0.656. The molecule has 0 aromatic rings. The molecule has 0 aromatic heterocycles. The summed E-state index contributed by atoms with van der Waals surface area (Å²) in [5, 5.41) is 0. The van der Waals surface area contributed by atoms with Gasteiger partial charge in [-0.3, -0.25) is 9.69 Å². The maximum absolute atomic E-state index is 11.9. The first-order chi connectivity index (χ1) is 8.72. The van der Waals surface area contributed by atoms with E-state index in [2.05, 4.69) is 11.8 Å². The minimum atomic E-state index is -0.0967. The summed E-state index contributed by atoms with van der Waals surface area (Å²) in [5.74, 6) is -0.0967. The minimum absolute atomic E-state index is 0.0850. The number of piperidine rings is 1. The number of hydrogen-bond donors (Lipinski definition) is 0. The van der Waals surface area contributed by atoms with Crippen molar-refractivity contribution in [3.8, 4) is 0 Å². The Labute approximate surface area is 111 Å². The molecule has 0 N–H and O–H groups in total. The van der Waals surface area contributed by atoms with Gasteiger partial charge in [-0.1, -0.05) is 19.8 Å². The van der Waals surface area contributed by atoms with Gasteiger partial charge in [-0.05, 0) is 32.7 Å². The lowest BCUT2D eigenvalue weighted by molar-refractivity contribution is -0.149. The molecule has 106 valence electrons. The van der Waals surface area contributed by atoms with E-state index in [-0.39, 0.29) is 18.1 Å². The minimum Gasteiger partial charge on any atom is -0.468 e. The molecule has 1 aliphatic heterocycles. The third kappa shape index (κ3) is 4.58. The van der Waals surface area contributed by atoms with E-state index < -0.39 is 0 Å². The van der Waals surface area contributed by atoms with Crippen molar-refractivity contribution in [2.45, 2.75) is 58.1 Å². The van der Waals surface area contributed by atoms with E-state index in [9.17, 15) is 4.79 Å². The first-order valence-corrected chi connectivity index (χ1v) is 7.16. The van der Waals surface area contributed by atoms with Crippen LogP contribution < -0.4 is 0 Å². The van der Waals surface area contributed by atoms with Crippen molar-refractivity contribution in [1.29, 1.82) is 0 Å². The van der Waals surface area contributed by atoms with Crippen LogP contribution in [-0.4, -0.2) is 49.8 Å². The molecule has 0 radical (unpaired) electrons. The van der Waals surface area contributed by atoms with E-state index in [1.807, 2.05) is 6.92 Å². The zero-order valence-electron chi connectivity index (χ0n) is 12.0. The van der Waals surface area contributed by atoms with E-state index in [1.165, 1.54) is 7.11 Å². The largest absolute Gasteiger partial charge is 0.468 e. The van der Waals surface area contributed by atoms with Gasteiger partial charge in [0, 0.05) is 13.2 Å². The summed E-state index contributed by atoms with van der Waals surface area (Å²) >= 11 is 0. The second kappa shape index (κ2) is 8.48. The van der Waals surface area contributed by atoms with Crippen LogP contribution in [0.1, 0.15) is 46.0 Å². The molecule has 0 saturated carbocycles. The van der Waals surface area contributed by atoms with E-state index in [0.29, 0.717) is 0 Å². The predicted molar refractivity (Wildman–Crippen MR) is 71.6 cm³/mol. The molecule has 0 bridgehead atoms. The first-order valence-electron chi connectivity index (χ1n) is 7.16. The van der Waals surface area contributed by atoms with E-state index in [4.69, 9.17) is 9.47 Å². The Hall–Kier alpha value is -0.610. The fourth-order valence-electron chi connectivity index (χ4n) is 2.60. The Bertz CT molecular complexity index is 243. The van der Waals surface area contributed by atoms with Crippen molar-refractivity contribution in [2.24, 2.45) is 0 Å². The van der Waals surface area contributed by atoms with Crippen LogP contribution in [0.2, 0.25) is 0 Å². The van der Waals surface area contributed by atoms with Crippen molar-refractivity contribution < 1.29 is 14.3 Å². The number of ether oxygens (including phenoxy) is 2. The molecule has 18 heavy (non-hydrogen) atoms. The van der Waals surface area contributed by atoms with Gasteiger partial charge in [0.1, 0.15) is 6.04 Å². The average molecular weight is 257 g/mol. The SMILES string of the molecule is CCCCC(C(=O)OC)N1CCCC(OCC)C1. The molecule has 2 atom stereocenters. The Kier molecular flexibility index (Phi) is 7.28. The van der Waals surface area contributed by atoms with E-state index >= 15 is 0 Å². The lowest BCUT2D eigenvalue weighted by atomic mass is 10.0. The maximum atomic E-state index is 11.9. The van der Waals surface area contributed by atoms with Crippen LogP contribution in [0.4, 0.5) is 0 Å². The van der Waals surface area contributed by atoms with Crippen molar-refractivity contribution in [3.63, 3.8) is 0 Å². The lowest BCUT2D eigenvalue weighted by Crippen LogP contribution is -2.49. The number of esters is 1. The summed E-state index contributed by atoms with van der Waals surface area (Å²) in [6.07, 6.45) is 5.54. The fraction of sp³-hybridized carbons (Fsp3) is 0.929. The predicted octanol–water partition coefficient (Wildman–Crippen LogP) is 2.22. The van der Waals surface area contributed by atoms with Gasteiger partial charge in [0.05, 0.1) is 13.2 Å². The Balaban J connectivity index is 2.56. The van der Waals surface area contributed by atoms with Gasteiger partial charge in [-0.25, -0.2) is 0 Å². The standard InChI is InChI=1S/C14H27NO3/c1-4-6-9-13(14(16)17-3)15-10-7-8-12(11-15)18-5-2/h12-13H,4-11H2,1-3H3. The highest BCUT2D eigenvalue weighted by Crippen LogP contribution is 2.19. The lowest BCUT2D eigenvalue weighted by Gasteiger charge is -2.36. The highest BCUT2D eigenvalue weighted by molar-refractivity contribution is 5.75. The topological polar surface area (TPSA) is 38.8 Å². The number of hydrogen-bond acceptors (Lipinski definition) is 4. The number of carbonyl (C=O) groups is 1. The molecule has 1 rings (SSSR count). The molecule has 4 heteroatoms. The van der Waals surface area contributed by atoms with Gasteiger partial charge in [0.2, 0.25) is 0 Å². The maximum Gasteiger partial charge on any atom is 0.323 e. The second-order valence-electron chi connectivity index (χ2n) is 4.90. The summed E-state index contributed by atoms with van der Waals surface area (Å²) < 4.78 is 10.6. The van der Waals surface area contributed by atoms with Crippen molar-refractivity contribution in [3.05, 3.63) is 0 Å². The summed E-state index contributed by atoms with van der Waals surface area (Å²) in [5.41, 5.74) is 0. The summed E-state index contributed by atoms with van der Waals surface area (Å²) in [6.45, 7) is 6.75. The highest BCUT2D eigenvalue weighted by atomic mass is 16.5. The smallest absolute Gasteiger partial charge is 0.323 e. The molecule has 1 saturated heterocycles. The van der Waals surface area contributed by atoms with Crippen molar-refractivity contribution >= 4 is 5.97 Å². The fourth-order valence-corrected chi connectivity index (χ4v) is 2.60. The Morgan fingerprint density at radius 1 is 1.44 bits per heavy atom. The molecule has 4 nitrogen and oxygen atoms in total. The third-order valence-electron chi connectivity index (χ3n) is 3.56. The van der Waals surface area contributed by atoms with Crippen LogP contribution in [0.3, 0.4) is 0 Å². The normalized spacial score (nSPS) is 22.7. The van der Waals surface area contributed by atoms with Gasteiger partial charge < -0.3 is 9.47 Å². The van der Waals surface area contributed by atoms with Crippen LogP contribution in [0.25, 0.3) is 0 Å². The molecule has 1 fully saturated rings. The van der Waals surface area contributed by atoms with Crippen LogP contribution in [-0.2, 0) is 14.3 Å². The summed E-state index contributed by atoms with van der Waals surface area (Å²) in [7, 11) is 1.48. The molecule has 0 amide bonds. The number of methoxy groups -OCH3 is 1. The third-order valence-corrected chi connectivity index (χ3v) is 3.56. The molecule has 0 aliphatic carbocycles. The van der Waals surface area contributed by atoms with Crippen LogP contribution >= 0.6 is 0 Å². The van der Waals surface area contributed by atoms with Crippen LogP contribution in [0.15, 0.2) is 0 Å². The molecule has 0 spiro atoms. The number of rotatable bonds is 7. The Morgan fingerprint density at radius 2 is 2.22 bits per heavy atom. The molecular formula is C14H27NO3. The zero-order valence-corrected chi connectivity index (χ0v) is 12.0. The highest BCUT2D eigenvalue weighted by Gasteiger charge is 2.30. The Morgan fingerprint density at radius 3 is 2.83 bits per heavy atom. The van der Waals surface area contributed by atoms with Crippen LogP contribution in [0, 0.1) is 0 Å². The number of nitrogens with zero attached hydrogens (tertiary/aromatic N) is 1. The van der Waals surface area contributed by atoms with Crippen molar-refractivity contribution in [1.82, 2.24) is 4.90 Å². The van der Waals surface area contributed by atoms with Gasteiger partial charge in [-0.2, -0.15) is 0 Å². The monoisotopic (exact) mass is 257 g/mol. The molecule has 0 aromatic carbocycles. The van der Waals surface area contributed by atoms with Gasteiger partial charge in [-0.15, -0.1) is 0 Å². The zero-order chi connectivity index (χ0) is 13.4. The van der Waals surface area contributed by atoms with Gasteiger partial charge >= 0.3 is 5.97 Å².